The smallest absolute Gasteiger partial charge is 0.250 e. The van der Waals surface area contributed by atoms with Gasteiger partial charge < -0.3 is 5.32 Å². The molecule has 0 fully saturated rings. The SMILES string of the molecule is O=C(/C=C/c1ccc(F)cc1)NC(=S)Nc1ccc(F)cc1. The number of amides is 1. The number of nitrogens with one attached hydrogen (secondary N) is 2. The van der Waals surface area contributed by atoms with Crippen LogP contribution in [0.3, 0.4) is 0 Å². The average molecular weight is 318 g/mol. The van der Waals surface area contributed by atoms with Gasteiger partial charge in [-0.05, 0) is 60.3 Å². The molecule has 0 saturated carbocycles. The molecule has 3 nitrogen and oxygen atoms in total. The second kappa shape index (κ2) is 7.42. The third-order valence-corrected chi connectivity index (χ3v) is 2.84. The third kappa shape index (κ3) is 5.06. The molecule has 1 amide bonds. The van der Waals surface area contributed by atoms with E-state index in [0.29, 0.717) is 11.3 Å². The van der Waals surface area contributed by atoms with Crippen LogP contribution >= 0.6 is 12.2 Å². The number of hydrogen-bond acceptors (Lipinski definition) is 2. The Bertz CT molecular complexity index is 697. The summed E-state index contributed by atoms with van der Waals surface area (Å²) in [5, 5.41) is 5.30. The second-order valence-corrected chi connectivity index (χ2v) is 4.74. The first-order valence-electron chi connectivity index (χ1n) is 6.34. The highest BCUT2D eigenvalue weighted by atomic mass is 32.1. The normalized spacial score (nSPS) is 10.5. The second-order valence-electron chi connectivity index (χ2n) is 4.34. The van der Waals surface area contributed by atoms with Gasteiger partial charge in [-0.25, -0.2) is 8.78 Å². The highest BCUT2D eigenvalue weighted by molar-refractivity contribution is 7.80. The van der Waals surface area contributed by atoms with E-state index < -0.39 is 5.91 Å². The first kappa shape index (κ1) is 15.8. The maximum absolute atomic E-state index is 12.8. The Morgan fingerprint density at radius 2 is 1.50 bits per heavy atom. The van der Waals surface area contributed by atoms with Crippen LogP contribution in [-0.2, 0) is 4.79 Å². The molecule has 0 bridgehead atoms. The van der Waals surface area contributed by atoms with Crippen molar-refractivity contribution in [3.05, 3.63) is 71.8 Å². The molecule has 0 aliphatic carbocycles. The zero-order valence-electron chi connectivity index (χ0n) is 11.3. The van der Waals surface area contributed by atoms with Gasteiger partial charge in [0, 0.05) is 11.8 Å². The Labute approximate surface area is 131 Å². The molecule has 22 heavy (non-hydrogen) atoms. The molecule has 0 heterocycles. The number of rotatable bonds is 3. The molecule has 0 radical (unpaired) electrons. The van der Waals surface area contributed by atoms with Gasteiger partial charge in [-0.15, -0.1) is 0 Å². The van der Waals surface area contributed by atoms with Gasteiger partial charge in [0.15, 0.2) is 5.11 Å². The van der Waals surface area contributed by atoms with Crippen molar-refractivity contribution >= 4 is 35.0 Å². The van der Waals surface area contributed by atoms with Crippen LogP contribution in [0.1, 0.15) is 5.56 Å². The van der Waals surface area contributed by atoms with Gasteiger partial charge >= 0.3 is 0 Å². The zero-order valence-corrected chi connectivity index (χ0v) is 12.2. The summed E-state index contributed by atoms with van der Waals surface area (Å²) < 4.78 is 25.5. The molecule has 0 aliphatic rings. The minimum atomic E-state index is -0.427. The van der Waals surface area contributed by atoms with Crippen molar-refractivity contribution in [1.29, 1.82) is 0 Å². The van der Waals surface area contributed by atoms with E-state index >= 15 is 0 Å². The van der Waals surface area contributed by atoms with Crippen molar-refractivity contribution < 1.29 is 13.6 Å². The largest absolute Gasteiger partial charge is 0.332 e. The minimum Gasteiger partial charge on any atom is -0.332 e. The number of thiocarbonyl (C=S) groups is 1. The molecule has 2 aromatic rings. The number of benzene rings is 2. The summed E-state index contributed by atoms with van der Waals surface area (Å²) in [4.78, 5) is 11.7. The fraction of sp³-hybridized carbons (Fsp3) is 0. The Morgan fingerprint density at radius 3 is 2.09 bits per heavy atom. The van der Waals surface area contributed by atoms with Gasteiger partial charge in [-0.3, -0.25) is 10.1 Å². The Kier molecular flexibility index (Phi) is 5.32. The molecule has 0 atom stereocenters. The maximum Gasteiger partial charge on any atom is 0.250 e. The van der Waals surface area contributed by atoms with Crippen LogP contribution in [0.5, 0.6) is 0 Å². The number of halogens is 2. The van der Waals surface area contributed by atoms with Crippen molar-refractivity contribution in [2.75, 3.05) is 5.32 Å². The first-order valence-corrected chi connectivity index (χ1v) is 6.75. The molecular weight excluding hydrogens is 306 g/mol. The average Bonchev–Trinajstić information content (AvgIpc) is 2.49. The van der Waals surface area contributed by atoms with Gasteiger partial charge in [0.05, 0.1) is 0 Å². The molecule has 2 aromatic carbocycles. The van der Waals surface area contributed by atoms with Crippen molar-refractivity contribution in [3.8, 4) is 0 Å². The third-order valence-electron chi connectivity index (χ3n) is 2.64. The van der Waals surface area contributed by atoms with Gasteiger partial charge in [0.1, 0.15) is 11.6 Å². The van der Waals surface area contributed by atoms with Crippen molar-refractivity contribution in [2.45, 2.75) is 0 Å². The quantitative estimate of drug-likeness (QED) is 0.672. The summed E-state index contributed by atoms with van der Waals surface area (Å²) in [6, 6.07) is 11.3. The lowest BCUT2D eigenvalue weighted by Gasteiger charge is -2.07. The summed E-state index contributed by atoms with van der Waals surface area (Å²) in [6.45, 7) is 0. The van der Waals surface area contributed by atoms with Crippen LogP contribution in [0, 0.1) is 11.6 Å². The van der Waals surface area contributed by atoms with Crippen LogP contribution in [-0.4, -0.2) is 11.0 Å². The monoisotopic (exact) mass is 318 g/mol. The van der Waals surface area contributed by atoms with Gasteiger partial charge in [0.25, 0.3) is 0 Å². The predicted octanol–water partition coefficient (Wildman–Crippen LogP) is 3.49. The van der Waals surface area contributed by atoms with Crippen LogP contribution in [0.2, 0.25) is 0 Å². The van der Waals surface area contributed by atoms with Crippen LogP contribution in [0.4, 0.5) is 14.5 Å². The van der Waals surface area contributed by atoms with E-state index in [2.05, 4.69) is 10.6 Å². The van der Waals surface area contributed by atoms with E-state index in [1.165, 1.54) is 48.6 Å². The van der Waals surface area contributed by atoms with E-state index in [4.69, 9.17) is 12.2 Å². The zero-order chi connectivity index (χ0) is 15.9. The Morgan fingerprint density at radius 1 is 0.955 bits per heavy atom. The number of carbonyl (C=O) groups is 1. The van der Waals surface area contributed by atoms with Crippen LogP contribution in [0.25, 0.3) is 6.08 Å². The van der Waals surface area contributed by atoms with E-state index in [-0.39, 0.29) is 16.7 Å². The predicted molar refractivity (Wildman–Crippen MR) is 86.2 cm³/mol. The summed E-state index contributed by atoms with van der Waals surface area (Å²) in [5.41, 5.74) is 1.25. The number of anilines is 1. The highest BCUT2D eigenvalue weighted by Gasteiger charge is 2.02. The van der Waals surface area contributed by atoms with E-state index in [1.807, 2.05) is 0 Å². The molecule has 0 saturated heterocycles. The lowest BCUT2D eigenvalue weighted by atomic mass is 10.2. The lowest BCUT2D eigenvalue weighted by Crippen LogP contribution is -2.32. The molecule has 2 N–H and O–H groups in total. The molecular formula is C16H12F2N2OS. The molecule has 112 valence electrons. The minimum absolute atomic E-state index is 0.0976. The van der Waals surface area contributed by atoms with Gasteiger partial charge in [-0.1, -0.05) is 12.1 Å². The summed E-state index contributed by atoms with van der Waals surface area (Å²) >= 11 is 4.97. The molecule has 0 unspecified atom stereocenters. The number of hydrogen-bond donors (Lipinski definition) is 2. The van der Waals surface area contributed by atoms with Crippen LogP contribution < -0.4 is 10.6 Å². The van der Waals surface area contributed by atoms with Crippen molar-refractivity contribution in [1.82, 2.24) is 5.32 Å². The topological polar surface area (TPSA) is 41.1 Å². The standard InChI is InChI=1S/C16H12F2N2OS/c17-12-4-1-11(2-5-12)3-10-15(21)20-16(22)19-14-8-6-13(18)7-9-14/h1-10H,(H2,19,20,21,22)/b10-3+. The number of carbonyl (C=O) groups excluding carboxylic acids is 1. The van der Waals surface area contributed by atoms with Crippen molar-refractivity contribution in [3.63, 3.8) is 0 Å². The highest BCUT2D eigenvalue weighted by Crippen LogP contribution is 2.08. The summed E-state index contributed by atoms with van der Waals surface area (Å²) in [6.07, 6.45) is 2.82. The lowest BCUT2D eigenvalue weighted by molar-refractivity contribution is -0.115. The fourth-order valence-electron chi connectivity index (χ4n) is 1.59. The molecule has 0 aliphatic heterocycles. The van der Waals surface area contributed by atoms with E-state index in [1.54, 1.807) is 12.1 Å². The fourth-order valence-corrected chi connectivity index (χ4v) is 1.81. The first-order chi connectivity index (χ1) is 10.5. The van der Waals surface area contributed by atoms with Crippen molar-refractivity contribution in [2.24, 2.45) is 0 Å². The Hall–Kier alpha value is -2.60. The van der Waals surface area contributed by atoms with Gasteiger partial charge in [0.2, 0.25) is 5.91 Å². The summed E-state index contributed by atoms with van der Waals surface area (Å²) in [5.74, 6) is -1.13. The molecule has 0 spiro atoms. The maximum atomic E-state index is 12.8. The van der Waals surface area contributed by atoms with Crippen LogP contribution in [0.15, 0.2) is 54.6 Å². The molecule has 0 aromatic heterocycles. The van der Waals surface area contributed by atoms with E-state index in [9.17, 15) is 13.6 Å². The van der Waals surface area contributed by atoms with E-state index in [0.717, 1.165) is 0 Å². The Balaban J connectivity index is 1.87. The van der Waals surface area contributed by atoms with Gasteiger partial charge in [-0.2, -0.15) is 0 Å². The summed E-state index contributed by atoms with van der Waals surface area (Å²) in [7, 11) is 0. The molecule has 6 heteroatoms. The molecule has 2 rings (SSSR count).